The molecule has 0 aliphatic carbocycles. The van der Waals surface area contributed by atoms with Gasteiger partial charge in [-0.2, -0.15) is 4.37 Å². The Labute approximate surface area is 110 Å². The second kappa shape index (κ2) is 4.21. The first kappa shape index (κ1) is 11.4. The molecular weight excluding hydrogens is 242 g/mol. The summed E-state index contributed by atoms with van der Waals surface area (Å²) in [5.74, 6) is 0.516. The highest BCUT2D eigenvalue weighted by Gasteiger charge is 2.12. The summed E-state index contributed by atoms with van der Waals surface area (Å²) in [7, 11) is 0. The van der Waals surface area contributed by atoms with E-state index in [1.807, 2.05) is 25.6 Å². The second-order valence-corrected chi connectivity index (χ2v) is 5.62. The molecule has 1 aromatic carbocycles. The van der Waals surface area contributed by atoms with Crippen LogP contribution >= 0.6 is 11.5 Å². The first-order chi connectivity index (χ1) is 8.66. The van der Waals surface area contributed by atoms with Crippen molar-refractivity contribution in [1.82, 2.24) is 13.9 Å². The highest BCUT2D eigenvalue weighted by atomic mass is 32.1. The molecule has 2 aromatic heterocycles. The molecule has 0 saturated carbocycles. The Kier molecular flexibility index (Phi) is 2.67. The van der Waals surface area contributed by atoms with Crippen LogP contribution in [0.5, 0.6) is 0 Å². The van der Waals surface area contributed by atoms with E-state index in [-0.39, 0.29) is 0 Å². The number of fused-ring (bicyclic) bond motifs is 1. The molecule has 0 unspecified atom stereocenters. The topological polar surface area (TPSA) is 30.7 Å². The molecule has 2 heterocycles. The van der Waals surface area contributed by atoms with Gasteiger partial charge in [-0.05, 0) is 36.0 Å². The molecule has 0 aliphatic rings. The van der Waals surface area contributed by atoms with E-state index in [0.717, 1.165) is 11.4 Å². The number of hydrogen-bond acceptors (Lipinski definition) is 3. The average molecular weight is 257 g/mol. The van der Waals surface area contributed by atoms with Gasteiger partial charge in [-0.25, -0.2) is 4.98 Å². The number of imidazole rings is 1. The fourth-order valence-electron chi connectivity index (χ4n) is 2.22. The SMILES string of the molecule is Cc1cn(-c2ccc(C(C)C)c3cnsc23)cn1. The lowest BCUT2D eigenvalue weighted by molar-refractivity contribution is 0.875. The summed E-state index contributed by atoms with van der Waals surface area (Å²) in [6.07, 6.45) is 5.88. The normalized spacial score (nSPS) is 11.6. The Bertz CT molecular complexity index is 694. The number of aryl methyl sites for hydroxylation is 1. The molecule has 3 aromatic rings. The van der Waals surface area contributed by atoms with Gasteiger partial charge in [0.25, 0.3) is 0 Å². The highest BCUT2D eigenvalue weighted by Crippen LogP contribution is 2.32. The number of rotatable bonds is 2. The summed E-state index contributed by atoms with van der Waals surface area (Å²) < 4.78 is 7.65. The van der Waals surface area contributed by atoms with Gasteiger partial charge in [0, 0.05) is 17.8 Å². The van der Waals surface area contributed by atoms with Crippen molar-refractivity contribution in [3.8, 4) is 5.69 Å². The minimum Gasteiger partial charge on any atom is -0.305 e. The van der Waals surface area contributed by atoms with Crippen molar-refractivity contribution in [3.05, 3.63) is 42.1 Å². The predicted molar refractivity (Wildman–Crippen MR) is 75.6 cm³/mol. The van der Waals surface area contributed by atoms with Gasteiger partial charge in [0.05, 0.1) is 22.4 Å². The van der Waals surface area contributed by atoms with Crippen LogP contribution in [0.3, 0.4) is 0 Å². The van der Waals surface area contributed by atoms with Crippen LogP contribution in [0.2, 0.25) is 0 Å². The van der Waals surface area contributed by atoms with Gasteiger partial charge in [-0.15, -0.1) is 0 Å². The molecule has 0 N–H and O–H groups in total. The van der Waals surface area contributed by atoms with Crippen LogP contribution in [0.1, 0.15) is 31.0 Å². The van der Waals surface area contributed by atoms with E-state index in [4.69, 9.17) is 0 Å². The van der Waals surface area contributed by atoms with Crippen LogP contribution in [0, 0.1) is 6.92 Å². The number of aromatic nitrogens is 3. The van der Waals surface area contributed by atoms with E-state index in [0.29, 0.717) is 5.92 Å². The van der Waals surface area contributed by atoms with Crippen molar-refractivity contribution >= 4 is 21.6 Å². The van der Waals surface area contributed by atoms with Gasteiger partial charge in [-0.3, -0.25) is 0 Å². The van der Waals surface area contributed by atoms with Crippen molar-refractivity contribution < 1.29 is 0 Å². The lowest BCUT2D eigenvalue weighted by atomic mass is 9.99. The molecule has 0 fully saturated rings. The van der Waals surface area contributed by atoms with E-state index in [9.17, 15) is 0 Å². The smallest absolute Gasteiger partial charge is 0.0995 e. The quantitative estimate of drug-likeness (QED) is 0.696. The largest absolute Gasteiger partial charge is 0.305 e. The van der Waals surface area contributed by atoms with E-state index in [2.05, 4.69) is 39.9 Å². The summed E-state index contributed by atoms with van der Waals surface area (Å²) in [5.41, 5.74) is 3.55. The molecule has 0 amide bonds. The molecule has 18 heavy (non-hydrogen) atoms. The molecule has 3 nitrogen and oxygen atoms in total. The molecular formula is C14H15N3S. The Morgan fingerprint density at radius 1 is 1.28 bits per heavy atom. The van der Waals surface area contributed by atoms with E-state index in [1.54, 1.807) is 11.5 Å². The minimum absolute atomic E-state index is 0.516. The molecule has 0 spiro atoms. The summed E-state index contributed by atoms with van der Waals surface area (Å²) in [6, 6.07) is 4.36. The highest BCUT2D eigenvalue weighted by molar-refractivity contribution is 7.13. The lowest BCUT2D eigenvalue weighted by Gasteiger charge is -2.10. The molecule has 92 valence electrons. The summed E-state index contributed by atoms with van der Waals surface area (Å²) in [5, 5.41) is 1.26. The zero-order valence-electron chi connectivity index (χ0n) is 10.7. The number of benzene rings is 1. The Balaban J connectivity index is 2.26. The van der Waals surface area contributed by atoms with Gasteiger partial charge >= 0.3 is 0 Å². The zero-order chi connectivity index (χ0) is 12.7. The maximum absolute atomic E-state index is 4.35. The Morgan fingerprint density at radius 3 is 2.78 bits per heavy atom. The van der Waals surface area contributed by atoms with Crippen LogP contribution in [-0.4, -0.2) is 13.9 Å². The van der Waals surface area contributed by atoms with Crippen molar-refractivity contribution in [2.75, 3.05) is 0 Å². The summed E-state index contributed by atoms with van der Waals surface area (Å²) in [4.78, 5) is 4.29. The fraction of sp³-hybridized carbons (Fsp3) is 0.286. The third kappa shape index (κ3) is 1.73. The Hall–Kier alpha value is -1.68. The summed E-state index contributed by atoms with van der Waals surface area (Å²) >= 11 is 1.55. The van der Waals surface area contributed by atoms with Gasteiger partial charge in [-0.1, -0.05) is 19.9 Å². The zero-order valence-corrected chi connectivity index (χ0v) is 11.5. The van der Waals surface area contributed by atoms with Crippen molar-refractivity contribution in [3.63, 3.8) is 0 Å². The van der Waals surface area contributed by atoms with Gasteiger partial charge in [0.15, 0.2) is 0 Å². The lowest BCUT2D eigenvalue weighted by Crippen LogP contribution is -1.94. The van der Waals surface area contributed by atoms with Gasteiger partial charge in [0.1, 0.15) is 0 Å². The maximum Gasteiger partial charge on any atom is 0.0995 e. The fourth-order valence-corrected chi connectivity index (χ4v) is 3.02. The monoisotopic (exact) mass is 257 g/mol. The number of hydrogen-bond donors (Lipinski definition) is 0. The van der Waals surface area contributed by atoms with Gasteiger partial charge in [0.2, 0.25) is 0 Å². The van der Waals surface area contributed by atoms with Crippen LogP contribution in [0.15, 0.2) is 30.9 Å². The second-order valence-electron chi connectivity index (χ2n) is 4.82. The first-order valence-corrected chi connectivity index (χ1v) is 6.82. The third-order valence-electron chi connectivity index (χ3n) is 3.15. The number of nitrogens with zero attached hydrogens (tertiary/aromatic N) is 3. The van der Waals surface area contributed by atoms with Crippen LogP contribution in [0.25, 0.3) is 15.8 Å². The first-order valence-electron chi connectivity index (χ1n) is 6.05. The molecule has 0 bridgehead atoms. The van der Waals surface area contributed by atoms with Crippen molar-refractivity contribution in [2.45, 2.75) is 26.7 Å². The molecule has 4 heteroatoms. The standard InChI is InChI=1S/C14H15N3S/c1-9(2)11-4-5-13(14-12(11)6-16-18-14)17-7-10(3)15-8-17/h4-9H,1-3H3. The van der Waals surface area contributed by atoms with Crippen molar-refractivity contribution in [2.24, 2.45) is 0 Å². The van der Waals surface area contributed by atoms with Crippen molar-refractivity contribution in [1.29, 1.82) is 0 Å². The van der Waals surface area contributed by atoms with Gasteiger partial charge < -0.3 is 4.57 Å². The summed E-state index contributed by atoms with van der Waals surface area (Å²) in [6.45, 7) is 6.43. The molecule has 0 radical (unpaired) electrons. The minimum atomic E-state index is 0.516. The van der Waals surface area contributed by atoms with E-state index < -0.39 is 0 Å². The maximum atomic E-state index is 4.35. The van der Waals surface area contributed by atoms with Crippen LogP contribution in [0.4, 0.5) is 0 Å². The van der Waals surface area contributed by atoms with Crippen LogP contribution in [-0.2, 0) is 0 Å². The van der Waals surface area contributed by atoms with Crippen LogP contribution < -0.4 is 0 Å². The predicted octanol–water partition coefficient (Wildman–Crippen LogP) is 3.91. The average Bonchev–Trinajstić information content (AvgIpc) is 2.95. The van der Waals surface area contributed by atoms with E-state index in [1.165, 1.54) is 15.6 Å². The van der Waals surface area contributed by atoms with E-state index >= 15 is 0 Å². The third-order valence-corrected chi connectivity index (χ3v) is 3.97. The molecule has 3 rings (SSSR count). The molecule has 0 aliphatic heterocycles. The molecule has 0 saturated heterocycles. The Morgan fingerprint density at radius 2 is 2.11 bits per heavy atom. The molecule has 0 atom stereocenters.